The summed E-state index contributed by atoms with van der Waals surface area (Å²) < 4.78 is 0. The highest BCUT2D eigenvalue weighted by molar-refractivity contribution is 8.08. The van der Waals surface area contributed by atoms with Gasteiger partial charge in [0.2, 0.25) is 0 Å². The van der Waals surface area contributed by atoms with Crippen LogP contribution in [-0.2, 0) is 0 Å². The Morgan fingerprint density at radius 2 is 1.32 bits per heavy atom. The molecule has 0 amide bonds. The van der Waals surface area contributed by atoms with Crippen molar-refractivity contribution in [1.82, 2.24) is 0 Å². The van der Waals surface area contributed by atoms with Crippen molar-refractivity contribution < 1.29 is 4.92 Å². The molecule has 0 radical (unpaired) electrons. The molecule has 0 fully saturated rings. The zero-order chi connectivity index (χ0) is 17.6. The molecule has 0 N–H and O–H groups in total. The fraction of sp³-hybridized carbons (Fsp3) is 0.0476. The smallest absolute Gasteiger partial charge is 0.258 e. The molecule has 0 aliphatic rings. The molecule has 3 nitrogen and oxygen atoms in total. The van der Waals surface area contributed by atoms with Crippen LogP contribution < -0.4 is 0 Å². The van der Waals surface area contributed by atoms with E-state index in [0.717, 1.165) is 16.0 Å². The normalized spacial score (nSPS) is 11.7. The summed E-state index contributed by atoms with van der Waals surface area (Å²) in [7, 11) is 0. The number of thioether (sulfide) groups is 1. The van der Waals surface area contributed by atoms with Crippen molar-refractivity contribution in [2.24, 2.45) is 0 Å². The van der Waals surface area contributed by atoms with Crippen LogP contribution >= 0.6 is 11.8 Å². The lowest BCUT2D eigenvalue weighted by atomic mass is 10.1. The lowest BCUT2D eigenvalue weighted by Crippen LogP contribution is -2.01. The van der Waals surface area contributed by atoms with E-state index < -0.39 is 0 Å². The van der Waals surface area contributed by atoms with Gasteiger partial charge >= 0.3 is 0 Å². The Labute approximate surface area is 151 Å². The summed E-state index contributed by atoms with van der Waals surface area (Å²) in [4.78, 5) is 13.2. The minimum absolute atomic E-state index is 0.123. The highest BCUT2D eigenvalue weighted by Gasteiger charge is 2.23. The molecular formula is C21H17NO2S. The van der Waals surface area contributed by atoms with Gasteiger partial charge in [-0.2, -0.15) is 0 Å². The number of hydrogen-bond acceptors (Lipinski definition) is 3. The van der Waals surface area contributed by atoms with Gasteiger partial charge in [0, 0.05) is 4.90 Å². The second kappa shape index (κ2) is 7.81. The second-order valence-corrected chi connectivity index (χ2v) is 6.67. The monoisotopic (exact) mass is 347 g/mol. The van der Waals surface area contributed by atoms with Gasteiger partial charge in [-0.15, -0.1) is 0 Å². The molecule has 0 spiro atoms. The van der Waals surface area contributed by atoms with E-state index in [-0.39, 0.29) is 10.6 Å². The number of aryl methyl sites for hydroxylation is 1. The van der Waals surface area contributed by atoms with Gasteiger partial charge in [-0.3, -0.25) is 10.1 Å². The van der Waals surface area contributed by atoms with Gasteiger partial charge in [-0.05, 0) is 36.8 Å². The first-order chi connectivity index (χ1) is 12.1. The molecule has 0 atom stereocenters. The van der Waals surface area contributed by atoms with Gasteiger partial charge in [0.05, 0.1) is 15.4 Å². The van der Waals surface area contributed by atoms with Crippen LogP contribution in [0, 0.1) is 17.0 Å². The molecule has 0 heterocycles. The minimum Gasteiger partial charge on any atom is -0.258 e. The van der Waals surface area contributed by atoms with Crippen LogP contribution in [0.15, 0.2) is 89.8 Å². The van der Waals surface area contributed by atoms with Gasteiger partial charge < -0.3 is 0 Å². The van der Waals surface area contributed by atoms with E-state index in [9.17, 15) is 10.1 Å². The quantitative estimate of drug-likeness (QED) is 0.250. The van der Waals surface area contributed by atoms with Crippen molar-refractivity contribution in [3.05, 3.63) is 112 Å². The first kappa shape index (κ1) is 17.0. The average Bonchev–Trinajstić information content (AvgIpc) is 2.64. The standard InChI is InChI=1S/C21H17NO2S/c1-16-12-14-19(15-13-16)25-21(18-10-6-3-7-11-18)20(22(23)24)17-8-4-2-5-9-17/h2-15H,1H3/b21-20+. The van der Waals surface area contributed by atoms with Crippen molar-refractivity contribution in [2.45, 2.75) is 11.8 Å². The highest BCUT2D eigenvalue weighted by Crippen LogP contribution is 2.40. The molecule has 0 saturated carbocycles. The summed E-state index contributed by atoms with van der Waals surface area (Å²) in [5, 5.41) is 11.9. The Morgan fingerprint density at radius 3 is 1.84 bits per heavy atom. The molecule has 0 aliphatic heterocycles. The van der Waals surface area contributed by atoms with Crippen LogP contribution in [0.25, 0.3) is 10.6 Å². The van der Waals surface area contributed by atoms with Crippen LogP contribution in [0.5, 0.6) is 0 Å². The van der Waals surface area contributed by atoms with E-state index in [4.69, 9.17) is 0 Å². The predicted octanol–water partition coefficient (Wildman–Crippen LogP) is 5.89. The second-order valence-electron chi connectivity index (χ2n) is 5.58. The molecule has 3 rings (SSSR count). The van der Waals surface area contributed by atoms with Crippen molar-refractivity contribution >= 4 is 22.4 Å². The van der Waals surface area contributed by atoms with Gasteiger partial charge in [-0.1, -0.05) is 78.0 Å². The Hall–Kier alpha value is -2.85. The SMILES string of the molecule is Cc1ccc(S/C(=C(\c2ccccc2)[N+](=O)[O-])c2ccccc2)cc1. The summed E-state index contributed by atoms with van der Waals surface area (Å²) >= 11 is 1.42. The van der Waals surface area contributed by atoms with E-state index in [1.807, 2.05) is 79.7 Å². The molecule has 4 heteroatoms. The summed E-state index contributed by atoms with van der Waals surface area (Å²) in [5.41, 5.74) is 2.72. The average molecular weight is 347 g/mol. The molecule has 3 aromatic rings. The van der Waals surface area contributed by atoms with Crippen LogP contribution in [-0.4, -0.2) is 4.92 Å². The molecule has 0 aromatic heterocycles. The molecule has 124 valence electrons. The molecule has 3 aromatic carbocycles. The Kier molecular flexibility index (Phi) is 5.31. The fourth-order valence-electron chi connectivity index (χ4n) is 2.47. The molecule has 0 unspecified atom stereocenters. The maximum absolute atomic E-state index is 11.9. The molecule has 0 saturated heterocycles. The van der Waals surface area contributed by atoms with Gasteiger partial charge in [0.1, 0.15) is 0 Å². The van der Waals surface area contributed by atoms with E-state index in [2.05, 4.69) is 0 Å². The maximum atomic E-state index is 11.9. The van der Waals surface area contributed by atoms with Crippen molar-refractivity contribution in [3.63, 3.8) is 0 Å². The van der Waals surface area contributed by atoms with E-state index in [1.54, 1.807) is 12.1 Å². The first-order valence-corrected chi connectivity index (χ1v) is 8.71. The summed E-state index contributed by atoms with van der Waals surface area (Å²) in [6, 6.07) is 26.6. The molecule has 0 aliphatic carbocycles. The molecular weight excluding hydrogens is 330 g/mol. The first-order valence-electron chi connectivity index (χ1n) is 7.89. The summed E-state index contributed by atoms with van der Waals surface area (Å²) in [6.07, 6.45) is 0. The lowest BCUT2D eigenvalue weighted by Gasteiger charge is -2.10. The topological polar surface area (TPSA) is 43.1 Å². The number of benzene rings is 3. The van der Waals surface area contributed by atoms with Crippen molar-refractivity contribution in [1.29, 1.82) is 0 Å². The zero-order valence-electron chi connectivity index (χ0n) is 13.8. The number of nitrogens with zero attached hydrogens (tertiary/aromatic N) is 1. The van der Waals surface area contributed by atoms with Gasteiger partial charge in [-0.25, -0.2) is 0 Å². The number of nitro groups is 1. The van der Waals surface area contributed by atoms with Crippen molar-refractivity contribution in [2.75, 3.05) is 0 Å². The Morgan fingerprint density at radius 1 is 0.800 bits per heavy atom. The maximum Gasteiger partial charge on any atom is 0.290 e. The van der Waals surface area contributed by atoms with E-state index in [1.165, 1.54) is 11.8 Å². The summed E-state index contributed by atoms with van der Waals surface area (Å²) in [6.45, 7) is 2.02. The van der Waals surface area contributed by atoms with Crippen molar-refractivity contribution in [3.8, 4) is 0 Å². The van der Waals surface area contributed by atoms with E-state index >= 15 is 0 Å². The largest absolute Gasteiger partial charge is 0.290 e. The molecule has 0 bridgehead atoms. The summed E-state index contributed by atoms with van der Waals surface area (Å²) in [5.74, 6) is 0. The zero-order valence-corrected chi connectivity index (χ0v) is 14.6. The van der Waals surface area contributed by atoms with Gasteiger partial charge in [0.15, 0.2) is 0 Å². The van der Waals surface area contributed by atoms with Crippen LogP contribution in [0.4, 0.5) is 0 Å². The minimum atomic E-state index is -0.293. The van der Waals surface area contributed by atoms with Crippen LogP contribution in [0.2, 0.25) is 0 Å². The van der Waals surface area contributed by atoms with Crippen LogP contribution in [0.1, 0.15) is 16.7 Å². The lowest BCUT2D eigenvalue weighted by molar-refractivity contribution is -0.374. The Bertz CT molecular complexity index is 888. The highest BCUT2D eigenvalue weighted by atomic mass is 32.2. The Balaban J connectivity index is 2.17. The van der Waals surface area contributed by atoms with Gasteiger partial charge in [0.25, 0.3) is 5.70 Å². The number of rotatable bonds is 5. The third kappa shape index (κ3) is 4.17. The van der Waals surface area contributed by atoms with Crippen LogP contribution in [0.3, 0.4) is 0 Å². The molecule has 25 heavy (non-hydrogen) atoms. The van der Waals surface area contributed by atoms with E-state index in [0.29, 0.717) is 10.5 Å². The third-order valence-electron chi connectivity index (χ3n) is 3.72. The predicted molar refractivity (Wildman–Crippen MR) is 104 cm³/mol. The number of hydrogen-bond donors (Lipinski definition) is 0. The fourth-order valence-corrected chi connectivity index (χ4v) is 3.52. The third-order valence-corrected chi connectivity index (χ3v) is 4.86.